The highest BCUT2D eigenvalue weighted by Crippen LogP contribution is 2.43. The summed E-state index contributed by atoms with van der Waals surface area (Å²) in [6, 6.07) is -0.0194. The van der Waals surface area contributed by atoms with Crippen LogP contribution in [0.4, 0.5) is 4.79 Å². The molecular weight excluding hydrogens is 244 g/mol. The van der Waals surface area contributed by atoms with Gasteiger partial charge in [-0.25, -0.2) is 4.79 Å². The first-order valence-electron chi connectivity index (χ1n) is 7.15. The Bertz CT molecular complexity index is 325. The lowest BCUT2D eigenvalue weighted by atomic mass is 9.66. The molecule has 1 fully saturated rings. The van der Waals surface area contributed by atoms with Crippen LogP contribution in [0, 0.1) is 11.3 Å². The summed E-state index contributed by atoms with van der Waals surface area (Å²) in [4.78, 5) is 22.7. The molecule has 0 bridgehead atoms. The molecule has 1 unspecified atom stereocenters. The van der Waals surface area contributed by atoms with Gasteiger partial charge in [0, 0.05) is 12.6 Å². The van der Waals surface area contributed by atoms with Crippen LogP contribution in [0.15, 0.2) is 0 Å². The van der Waals surface area contributed by atoms with E-state index in [-0.39, 0.29) is 23.9 Å². The third-order valence-electron chi connectivity index (χ3n) is 4.13. The maximum atomic E-state index is 11.8. The molecule has 0 radical (unpaired) electrons. The van der Waals surface area contributed by atoms with Crippen LogP contribution in [0.5, 0.6) is 0 Å². The highest BCUT2D eigenvalue weighted by atomic mass is 16.4. The lowest BCUT2D eigenvalue weighted by Crippen LogP contribution is -2.49. The number of nitrogens with one attached hydrogen (secondary N) is 2. The van der Waals surface area contributed by atoms with Crippen molar-refractivity contribution in [3.8, 4) is 0 Å². The zero-order valence-corrected chi connectivity index (χ0v) is 12.2. The molecule has 19 heavy (non-hydrogen) atoms. The van der Waals surface area contributed by atoms with Gasteiger partial charge in [-0.15, -0.1) is 0 Å². The minimum absolute atomic E-state index is 0.147. The smallest absolute Gasteiger partial charge is 0.315 e. The topological polar surface area (TPSA) is 78.4 Å². The molecule has 110 valence electrons. The van der Waals surface area contributed by atoms with Crippen molar-refractivity contribution in [2.24, 2.45) is 11.3 Å². The molecule has 0 heterocycles. The Morgan fingerprint density at radius 1 is 1.32 bits per heavy atom. The van der Waals surface area contributed by atoms with E-state index < -0.39 is 5.97 Å². The van der Waals surface area contributed by atoms with E-state index in [0.717, 1.165) is 25.7 Å². The van der Waals surface area contributed by atoms with Gasteiger partial charge in [-0.3, -0.25) is 4.79 Å². The molecule has 5 nitrogen and oxygen atoms in total. The van der Waals surface area contributed by atoms with E-state index in [1.807, 2.05) is 6.92 Å². The summed E-state index contributed by atoms with van der Waals surface area (Å²) < 4.78 is 0. The first-order chi connectivity index (χ1) is 8.88. The van der Waals surface area contributed by atoms with Crippen molar-refractivity contribution in [2.75, 3.05) is 6.54 Å². The number of carboxylic acids is 1. The van der Waals surface area contributed by atoms with Crippen LogP contribution in [0.1, 0.15) is 52.9 Å². The Kier molecular flexibility index (Phi) is 5.63. The van der Waals surface area contributed by atoms with Crippen LogP contribution >= 0.6 is 0 Å². The Balaban J connectivity index is 2.38. The lowest BCUT2D eigenvalue weighted by molar-refractivity contribution is -0.141. The minimum Gasteiger partial charge on any atom is -0.481 e. The van der Waals surface area contributed by atoms with E-state index in [2.05, 4.69) is 24.5 Å². The van der Waals surface area contributed by atoms with E-state index in [1.165, 1.54) is 0 Å². The molecule has 1 aliphatic carbocycles. The van der Waals surface area contributed by atoms with Gasteiger partial charge in [0.25, 0.3) is 0 Å². The molecule has 1 atom stereocenters. The van der Waals surface area contributed by atoms with Crippen molar-refractivity contribution in [2.45, 2.75) is 58.9 Å². The van der Waals surface area contributed by atoms with Gasteiger partial charge in [0.2, 0.25) is 0 Å². The number of urea groups is 1. The third-order valence-corrected chi connectivity index (χ3v) is 4.13. The number of aliphatic carboxylic acids is 1. The second-order valence-electron chi connectivity index (χ2n) is 6.01. The number of rotatable bonds is 7. The average Bonchev–Trinajstić information content (AvgIpc) is 2.28. The van der Waals surface area contributed by atoms with Crippen LogP contribution in [0.25, 0.3) is 0 Å². The summed E-state index contributed by atoms with van der Waals surface area (Å²) in [5.41, 5.74) is -0.220. The molecule has 3 N–H and O–H groups in total. The number of hydrogen-bond donors (Lipinski definition) is 3. The van der Waals surface area contributed by atoms with Crippen LogP contribution in [0.3, 0.4) is 0 Å². The molecule has 0 aromatic heterocycles. The van der Waals surface area contributed by atoms with Crippen molar-refractivity contribution >= 4 is 12.0 Å². The highest BCUT2D eigenvalue weighted by molar-refractivity contribution is 5.74. The van der Waals surface area contributed by atoms with Gasteiger partial charge >= 0.3 is 12.0 Å². The number of hydrogen-bond acceptors (Lipinski definition) is 2. The first kappa shape index (κ1) is 15.8. The molecule has 0 saturated heterocycles. The first-order valence-corrected chi connectivity index (χ1v) is 7.15. The monoisotopic (exact) mass is 270 g/mol. The number of carboxylic acid groups (broad SMARTS) is 1. The summed E-state index contributed by atoms with van der Waals surface area (Å²) in [5, 5.41) is 14.7. The van der Waals surface area contributed by atoms with E-state index in [0.29, 0.717) is 12.5 Å². The fourth-order valence-electron chi connectivity index (χ4n) is 2.64. The van der Waals surface area contributed by atoms with E-state index >= 15 is 0 Å². The van der Waals surface area contributed by atoms with Gasteiger partial charge < -0.3 is 15.7 Å². The van der Waals surface area contributed by atoms with Gasteiger partial charge in [0.1, 0.15) is 0 Å². The fourth-order valence-corrected chi connectivity index (χ4v) is 2.64. The maximum absolute atomic E-state index is 11.8. The molecule has 0 aromatic rings. The van der Waals surface area contributed by atoms with Crippen LogP contribution in [-0.2, 0) is 4.79 Å². The molecule has 0 aromatic carbocycles. The molecule has 5 heteroatoms. The Labute approximate surface area is 115 Å². The zero-order valence-electron chi connectivity index (χ0n) is 12.2. The predicted molar refractivity (Wildman–Crippen MR) is 74.0 cm³/mol. The summed E-state index contributed by atoms with van der Waals surface area (Å²) in [7, 11) is 0. The van der Waals surface area contributed by atoms with Crippen molar-refractivity contribution < 1.29 is 14.7 Å². The minimum atomic E-state index is -0.782. The lowest BCUT2D eigenvalue weighted by Gasteiger charge is -2.41. The average molecular weight is 270 g/mol. The van der Waals surface area contributed by atoms with Crippen LogP contribution < -0.4 is 10.6 Å². The summed E-state index contributed by atoms with van der Waals surface area (Å²) in [6.07, 6.45) is 3.88. The third kappa shape index (κ3) is 4.73. The summed E-state index contributed by atoms with van der Waals surface area (Å²) in [6.45, 7) is 6.65. The zero-order chi connectivity index (χ0) is 14.5. The Morgan fingerprint density at radius 2 is 1.95 bits per heavy atom. The number of carbonyl (C=O) groups is 2. The van der Waals surface area contributed by atoms with E-state index in [1.54, 1.807) is 0 Å². The van der Waals surface area contributed by atoms with Crippen molar-refractivity contribution in [3.05, 3.63) is 0 Å². The van der Waals surface area contributed by atoms with Crippen LogP contribution in [0.2, 0.25) is 0 Å². The SMILES string of the molecule is CCC(NC(=O)NCC1(CC(=O)O)CCC1)C(C)C. The molecule has 2 amide bonds. The molecule has 0 aliphatic heterocycles. The molecule has 0 spiro atoms. The second-order valence-corrected chi connectivity index (χ2v) is 6.01. The van der Waals surface area contributed by atoms with Gasteiger partial charge in [-0.1, -0.05) is 27.2 Å². The molecule has 1 saturated carbocycles. The van der Waals surface area contributed by atoms with E-state index in [4.69, 9.17) is 5.11 Å². The normalized spacial score (nSPS) is 18.5. The molecular formula is C14H26N2O3. The maximum Gasteiger partial charge on any atom is 0.315 e. The van der Waals surface area contributed by atoms with E-state index in [9.17, 15) is 9.59 Å². The quantitative estimate of drug-likeness (QED) is 0.664. The van der Waals surface area contributed by atoms with Gasteiger partial charge in [-0.2, -0.15) is 0 Å². The van der Waals surface area contributed by atoms with Crippen LogP contribution in [-0.4, -0.2) is 29.7 Å². The summed E-state index contributed by atoms with van der Waals surface area (Å²) >= 11 is 0. The largest absolute Gasteiger partial charge is 0.481 e. The highest BCUT2D eigenvalue weighted by Gasteiger charge is 2.39. The van der Waals surface area contributed by atoms with Gasteiger partial charge in [0.05, 0.1) is 6.42 Å². The fraction of sp³-hybridized carbons (Fsp3) is 0.857. The predicted octanol–water partition coefficient (Wildman–Crippen LogP) is 2.37. The van der Waals surface area contributed by atoms with Crippen molar-refractivity contribution in [3.63, 3.8) is 0 Å². The molecule has 1 rings (SSSR count). The number of amides is 2. The number of carbonyl (C=O) groups excluding carboxylic acids is 1. The van der Waals surface area contributed by atoms with Gasteiger partial charge in [0.15, 0.2) is 0 Å². The Morgan fingerprint density at radius 3 is 2.32 bits per heavy atom. The van der Waals surface area contributed by atoms with Gasteiger partial charge in [-0.05, 0) is 30.6 Å². The Hall–Kier alpha value is -1.26. The van der Waals surface area contributed by atoms with Crippen molar-refractivity contribution in [1.29, 1.82) is 0 Å². The molecule has 1 aliphatic rings. The summed E-state index contributed by atoms with van der Waals surface area (Å²) in [5.74, 6) is -0.386. The van der Waals surface area contributed by atoms with Crippen molar-refractivity contribution in [1.82, 2.24) is 10.6 Å². The standard InChI is InChI=1S/C14H26N2O3/c1-4-11(10(2)3)16-13(19)15-9-14(6-5-7-14)8-12(17)18/h10-11H,4-9H2,1-3H3,(H,17,18)(H2,15,16,19). The second kappa shape index (κ2) is 6.78.